The van der Waals surface area contributed by atoms with Crippen LogP contribution in [0.15, 0.2) is 22.7 Å². The van der Waals surface area contributed by atoms with Gasteiger partial charge in [-0.2, -0.15) is 0 Å². The lowest BCUT2D eigenvalue weighted by atomic mass is 10.0. The van der Waals surface area contributed by atoms with Crippen LogP contribution in [-0.4, -0.2) is 17.3 Å². The molecule has 1 amide bonds. The zero-order valence-corrected chi connectivity index (χ0v) is 12.8. The van der Waals surface area contributed by atoms with Crippen LogP contribution in [0.4, 0.5) is 0 Å². The molecular formula is C12H14BrCl2NO. The van der Waals surface area contributed by atoms with E-state index >= 15 is 0 Å². The summed E-state index contributed by atoms with van der Waals surface area (Å²) in [6.45, 7) is 3.90. The third-order valence-corrected chi connectivity index (χ3v) is 3.88. The number of rotatable bonds is 4. The van der Waals surface area contributed by atoms with Gasteiger partial charge in [0.05, 0.1) is 5.54 Å². The van der Waals surface area contributed by atoms with Gasteiger partial charge in [-0.25, -0.2) is 0 Å². The average molecular weight is 339 g/mol. The predicted molar refractivity (Wildman–Crippen MR) is 76.0 cm³/mol. The number of alkyl halides is 1. The number of benzene rings is 1. The van der Waals surface area contributed by atoms with Gasteiger partial charge in [-0.3, -0.25) is 4.79 Å². The normalized spacial score (nSPS) is 14.2. The summed E-state index contributed by atoms with van der Waals surface area (Å²) in [6, 6.07) is 5.09. The Hall–Kier alpha value is -0.250. The van der Waals surface area contributed by atoms with Crippen LogP contribution in [-0.2, 0) is 0 Å². The molecule has 0 saturated heterocycles. The summed E-state index contributed by atoms with van der Waals surface area (Å²) in [7, 11) is 0. The number of hydrogen-bond acceptors (Lipinski definition) is 1. The molecule has 0 aromatic heterocycles. The molecule has 17 heavy (non-hydrogen) atoms. The minimum atomic E-state index is -0.395. The maximum absolute atomic E-state index is 12.0. The lowest BCUT2D eigenvalue weighted by Crippen LogP contribution is -2.47. The van der Waals surface area contributed by atoms with Crippen molar-refractivity contribution in [3.05, 3.63) is 33.3 Å². The Morgan fingerprint density at radius 1 is 1.47 bits per heavy atom. The molecule has 1 N–H and O–H groups in total. The molecule has 1 aromatic carbocycles. The zero-order valence-electron chi connectivity index (χ0n) is 9.69. The third-order valence-electron chi connectivity index (χ3n) is 2.62. The lowest BCUT2D eigenvalue weighted by molar-refractivity contribution is 0.0912. The highest BCUT2D eigenvalue weighted by Gasteiger charge is 2.23. The van der Waals surface area contributed by atoms with E-state index in [1.165, 1.54) is 0 Å². The average Bonchev–Trinajstić information content (AvgIpc) is 2.27. The minimum Gasteiger partial charge on any atom is -0.346 e. The van der Waals surface area contributed by atoms with Crippen LogP contribution in [0.2, 0.25) is 5.02 Å². The van der Waals surface area contributed by atoms with Gasteiger partial charge in [-0.1, -0.05) is 34.5 Å². The monoisotopic (exact) mass is 337 g/mol. The molecule has 0 radical (unpaired) electrons. The molecule has 1 unspecified atom stereocenters. The summed E-state index contributed by atoms with van der Waals surface area (Å²) in [4.78, 5) is 12.0. The van der Waals surface area contributed by atoms with E-state index in [-0.39, 0.29) is 5.91 Å². The van der Waals surface area contributed by atoms with Gasteiger partial charge in [0.2, 0.25) is 0 Å². The van der Waals surface area contributed by atoms with Crippen molar-refractivity contribution < 1.29 is 4.79 Å². The quantitative estimate of drug-likeness (QED) is 0.817. The van der Waals surface area contributed by atoms with Gasteiger partial charge < -0.3 is 5.32 Å². The molecule has 0 saturated carbocycles. The number of nitrogens with one attached hydrogen (secondary N) is 1. The molecular weight excluding hydrogens is 325 g/mol. The molecule has 0 aliphatic rings. The summed E-state index contributed by atoms with van der Waals surface area (Å²) in [5.41, 5.74) is 0.127. The second-order valence-electron chi connectivity index (χ2n) is 4.16. The van der Waals surface area contributed by atoms with Crippen molar-refractivity contribution in [2.24, 2.45) is 0 Å². The molecule has 5 heteroatoms. The van der Waals surface area contributed by atoms with E-state index in [4.69, 9.17) is 23.2 Å². The van der Waals surface area contributed by atoms with E-state index in [2.05, 4.69) is 21.2 Å². The number of halogens is 3. The van der Waals surface area contributed by atoms with Crippen molar-refractivity contribution in [1.29, 1.82) is 0 Å². The summed E-state index contributed by atoms with van der Waals surface area (Å²) in [5, 5.41) is 3.43. The van der Waals surface area contributed by atoms with Crippen LogP contribution in [0.5, 0.6) is 0 Å². The summed E-state index contributed by atoms with van der Waals surface area (Å²) < 4.78 is 0.777. The lowest BCUT2D eigenvalue weighted by Gasteiger charge is -2.27. The highest BCUT2D eigenvalue weighted by molar-refractivity contribution is 9.10. The van der Waals surface area contributed by atoms with Crippen molar-refractivity contribution in [3.63, 3.8) is 0 Å². The Labute approximate surface area is 120 Å². The first-order valence-electron chi connectivity index (χ1n) is 5.25. The molecule has 1 aromatic rings. The maximum Gasteiger partial charge on any atom is 0.251 e. The van der Waals surface area contributed by atoms with E-state index in [0.717, 1.165) is 10.9 Å². The van der Waals surface area contributed by atoms with Gasteiger partial charge in [-0.05, 0) is 31.5 Å². The number of carbonyl (C=O) groups is 1. The van der Waals surface area contributed by atoms with E-state index in [1.54, 1.807) is 18.2 Å². The van der Waals surface area contributed by atoms with Gasteiger partial charge in [0.15, 0.2) is 0 Å². The molecule has 0 fully saturated rings. The summed E-state index contributed by atoms with van der Waals surface area (Å²) in [5.74, 6) is 0.204. The van der Waals surface area contributed by atoms with E-state index in [1.807, 2.05) is 13.8 Å². The van der Waals surface area contributed by atoms with Crippen LogP contribution in [0.1, 0.15) is 30.6 Å². The van der Waals surface area contributed by atoms with E-state index < -0.39 is 5.54 Å². The van der Waals surface area contributed by atoms with Gasteiger partial charge in [0.1, 0.15) is 0 Å². The molecule has 0 spiro atoms. The minimum absolute atomic E-state index is 0.168. The van der Waals surface area contributed by atoms with E-state index in [9.17, 15) is 4.79 Å². The van der Waals surface area contributed by atoms with Gasteiger partial charge in [0.25, 0.3) is 5.91 Å². The Kier molecular flexibility index (Phi) is 5.29. The van der Waals surface area contributed by atoms with Crippen LogP contribution in [0.25, 0.3) is 0 Å². The summed E-state index contributed by atoms with van der Waals surface area (Å²) >= 11 is 15.1. The first-order chi connectivity index (χ1) is 7.90. The van der Waals surface area contributed by atoms with Crippen LogP contribution < -0.4 is 5.32 Å². The second kappa shape index (κ2) is 6.07. The smallest absolute Gasteiger partial charge is 0.251 e. The fourth-order valence-corrected chi connectivity index (χ4v) is 2.36. The first-order valence-corrected chi connectivity index (χ1v) is 6.95. The van der Waals surface area contributed by atoms with Crippen LogP contribution in [0, 0.1) is 0 Å². The Morgan fingerprint density at radius 3 is 2.59 bits per heavy atom. The molecule has 2 nitrogen and oxygen atoms in total. The topological polar surface area (TPSA) is 29.1 Å². The van der Waals surface area contributed by atoms with Crippen molar-refractivity contribution in [2.75, 3.05) is 5.88 Å². The van der Waals surface area contributed by atoms with Crippen molar-refractivity contribution in [1.82, 2.24) is 5.32 Å². The Morgan fingerprint density at radius 2 is 2.12 bits per heavy atom. The first kappa shape index (κ1) is 14.8. The largest absolute Gasteiger partial charge is 0.346 e. The molecule has 1 atom stereocenters. The van der Waals surface area contributed by atoms with Crippen LogP contribution in [0.3, 0.4) is 0 Å². The standard InChI is InChI=1S/C12H14BrCl2NO/c1-3-12(2,7-14)16-11(17)8-4-9(13)6-10(15)5-8/h4-6H,3,7H2,1-2H3,(H,16,17). The van der Waals surface area contributed by atoms with Gasteiger partial charge >= 0.3 is 0 Å². The van der Waals surface area contributed by atoms with Crippen molar-refractivity contribution >= 4 is 45.0 Å². The number of carbonyl (C=O) groups excluding carboxylic acids is 1. The molecule has 1 rings (SSSR count). The zero-order chi connectivity index (χ0) is 13.1. The SMILES string of the molecule is CCC(C)(CCl)NC(=O)c1cc(Cl)cc(Br)c1. The third kappa shape index (κ3) is 4.16. The second-order valence-corrected chi connectivity index (χ2v) is 5.78. The number of amides is 1. The molecule has 0 bridgehead atoms. The van der Waals surface area contributed by atoms with Crippen molar-refractivity contribution in [2.45, 2.75) is 25.8 Å². The summed E-state index contributed by atoms with van der Waals surface area (Å²) in [6.07, 6.45) is 0.768. The fraction of sp³-hybridized carbons (Fsp3) is 0.417. The Bertz CT molecular complexity index is 399. The highest BCUT2D eigenvalue weighted by atomic mass is 79.9. The molecule has 0 aliphatic heterocycles. The maximum atomic E-state index is 12.0. The van der Waals surface area contributed by atoms with E-state index in [0.29, 0.717) is 16.5 Å². The highest BCUT2D eigenvalue weighted by Crippen LogP contribution is 2.20. The van der Waals surface area contributed by atoms with Gasteiger partial charge in [0, 0.05) is 20.9 Å². The van der Waals surface area contributed by atoms with Crippen LogP contribution >= 0.6 is 39.1 Å². The molecule has 0 aliphatic carbocycles. The van der Waals surface area contributed by atoms with Crippen molar-refractivity contribution in [3.8, 4) is 0 Å². The van der Waals surface area contributed by atoms with Gasteiger partial charge in [-0.15, -0.1) is 11.6 Å². The number of hydrogen-bond donors (Lipinski definition) is 1. The Balaban J connectivity index is 2.90. The molecule has 94 valence electrons. The molecule has 0 heterocycles. The predicted octanol–water partition coefficient (Wildman–Crippen LogP) is 4.24. The fourth-order valence-electron chi connectivity index (χ4n) is 1.25.